The van der Waals surface area contributed by atoms with Gasteiger partial charge in [-0.1, -0.05) is 0 Å². The van der Waals surface area contributed by atoms with E-state index in [9.17, 15) is 14.4 Å². The lowest BCUT2D eigenvalue weighted by Gasteiger charge is -2.24. The Balaban J connectivity index is 2.20. The maximum absolute atomic E-state index is 13.2. The summed E-state index contributed by atoms with van der Waals surface area (Å²) < 4.78 is 18.9. The molecule has 6 nitrogen and oxygen atoms in total. The van der Waals surface area contributed by atoms with E-state index in [1.165, 1.54) is 12.1 Å². The number of nitrogens with zero attached hydrogens (tertiary/aromatic N) is 2. The minimum Gasteiger partial charge on any atom is -0.710 e. The highest BCUT2D eigenvalue weighted by atomic mass is 19.1. The topological polar surface area (TPSA) is 72.3 Å². The minimum atomic E-state index is -0.517. The normalized spacial score (nSPS) is 15.9. The molecule has 1 aliphatic heterocycles. The van der Waals surface area contributed by atoms with Crippen LogP contribution < -0.4 is 15.2 Å². The molecule has 0 amide bonds. The summed E-state index contributed by atoms with van der Waals surface area (Å²) in [5.74, 6) is -0.529. The van der Waals surface area contributed by atoms with Crippen LogP contribution in [0.2, 0.25) is 0 Å². The van der Waals surface area contributed by atoms with Crippen molar-refractivity contribution in [2.75, 3.05) is 31.2 Å². The van der Waals surface area contributed by atoms with Crippen molar-refractivity contribution in [2.24, 2.45) is 0 Å². The van der Waals surface area contributed by atoms with Crippen molar-refractivity contribution in [2.45, 2.75) is 0 Å². The molecular formula is C12H12FN3O3. The van der Waals surface area contributed by atoms with Gasteiger partial charge < -0.3 is 14.9 Å². The van der Waals surface area contributed by atoms with E-state index in [1.54, 1.807) is 4.90 Å². The van der Waals surface area contributed by atoms with Crippen molar-refractivity contribution in [1.29, 1.82) is 0 Å². The third-order valence-electron chi connectivity index (χ3n) is 3.13. The number of aromatic amines is 1. The summed E-state index contributed by atoms with van der Waals surface area (Å²) in [4.78, 5) is 16.2. The molecule has 1 fully saturated rings. The summed E-state index contributed by atoms with van der Waals surface area (Å²) in [6.07, 6.45) is 0. The third-order valence-corrected chi connectivity index (χ3v) is 3.13. The first-order chi connectivity index (χ1) is 9.16. The van der Waals surface area contributed by atoms with Gasteiger partial charge in [0.25, 0.3) is 0 Å². The highest BCUT2D eigenvalue weighted by molar-refractivity contribution is 5.71. The molecule has 1 aromatic heterocycles. The number of ether oxygens (including phenoxy) is 1. The Hall–Kier alpha value is -2.15. The van der Waals surface area contributed by atoms with Crippen molar-refractivity contribution in [3.63, 3.8) is 0 Å². The molecule has 2 aromatic rings. The summed E-state index contributed by atoms with van der Waals surface area (Å²) in [7, 11) is 0. The molecule has 1 saturated heterocycles. The van der Waals surface area contributed by atoms with Gasteiger partial charge in [-0.3, -0.25) is 9.69 Å². The van der Waals surface area contributed by atoms with Crippen LogP contribution in [0.3, 0.4) is 0 Å². The van der Waals surface area contributed by atoms with Crippen molar-refractivity contribution in [3.8, 4) is 0 Å². The van der Waals surface area contributed by atoms with Gasteiger partial charge in [0, 0.05) is 6.07 Å². The first kappa shape index (κ1) is 11.9. The van der Waals surface area contributed by atoms with Crippen LogP contribution in [0.25, 0.3) is 11.0 Å². The number of anilines is 1. The molecule has 0 unspecified atom stereocenters. The monoisotopic (exact) mass is 265 g/mol. The fraction of sp³-hybridized carbons (Fsp3) is 0.333. The number of rotatable bonds is 1. The average molecular weight is 265 g/mol. The van der Waals surface area contributed by atoms with E-state index in [4.69, 9.17) is 4.74 Å². The molecule has 0 radical (unpaired) electrons. The van der Waals surface area contributed by atoms with Crippen molar-refractivity contribution >= 4 is 16.9 Å². The SMILES string of the molecule is O=c1[nH]c2ccc(F)cc2[n+]([O-])c1N1CCOCC1. The molecular weight excluding hydrogens is 253 g/mol. The van der Waals surface area contributed by atoms with Gasteiger partial charge in [0.05, 0.1) is 18.7 Å². The predicted octanol–water partition coefficient (Wildman–Crippen LogP) is 0.137. The van der Waals surface area contributed by atoms with Crippen molar-refractivity contribution in [1.82, 2.24) is 4.98 Å². The lowest BCUT2D eigenvalue weighted by Crippen LogP contribution is -2.49. The zero-order valence-corrected chi connectivity index (χ0v) is 10.1. The maximum atomic E-state index is 13.2. The van der Waals surface area contributed by atoms with Gasteiger partial charge in [0.2, 0.25) is 0 Å². The second-order valence-electron chi connectivity index (χ2n) is 4.33. The molecule has 3 rings (SSSR count). The lowest BCUT2D eigenvalue weighted by molar-refractivity contribution is -0.565. The average Bonchev–Trinajstić information content (AvgIpc) is 2.41. The van der Waals surface area contributed by atoms with E-state index in [0.717, 1.165) is 6.07 Å². The first-order valence-electron chi connectivity index (χ1n) is 5.94. The number of aromatic nitrogens is 2. The molecule has 19 heavy (non-hydrogen) atoms. The standard InChI is InChI=1S/C12H12FN3O3/c13-8-1-2-9-10(7-8)16(18)12(11(17)14-9)15-3-5-19-6-4-15/h1-2,7H,3-6H2,(H,14,17). The zero-order chi connectivity index (χ0) is 13.4. The van der Waals surface area contributed by atoms with Crippen LogP contribution in [0, 0.1) is 11.0 Å². The number of benzene rings is 1. The molecule has 0 spiro atoms. The second kappa shape index (κ2) is 4.51. The summed E-state index contributed by atoms with van der Waals surface area (Å²) >= 11 is 0. The number of morpholine rings is 1. The number of H-pyrrole nitrogens is 1. The van der Waals surface area contributed by atoms with Gasteiger partial charge in [-0.15, -0.1) is 0 Å². The second-order valence-corrected chi connectivity index (χ2v) is 4.33. The Morgan fingerprint density at radius 3 is 2.84 bits per heavy atom. The van der Waals surface area contributed by atoms with Crippen LogP contribution >= 0.6 is 0 Å². The maximum Gasteiger partial charge on any atom is 0.347 e. The molecule has 0 atom stereocenters. The van der Waals surface area contributed by atoms with Gasteiger partial charge in [-0.05, 0) is 12.1 Å². The minimum absolute atomic E-state index is 0.0126. The zero-order valence-electron chi connectivity index (χ0n) is 10.1. The Kier molecular flexibility index (Phi) is 2.83. The van der Waals surface area contributed by atoms with E-state index < -0.39 is 11.4 Å². The van der Waals surface area contributed by atoms with Crippen LogP contribution in [-0.4, -0.2) is 31.3 Å². The van der Waals surface area contributed by atoms with Crippen LogP contribution in [0.1, 0.15) is 0 Å². The van der Waals surface area contributed by atoms with Gasteiger partial charge in [0.1, 0.15) is 18.9 Å². The quantitative estimate of drug-likeness (QED) is 0.588. The number of nitrogens with one attached hydrogen (secondary N) is 1. The Morgan fingerprint density at radius 1 is 1.37 bits per heavy atom. The lowest BCUT2D eigenvalue weighted by atomic mass is 10.3. The molecule has 0 bridgehead atoms. The molecule has 1 aliphatic rings. The van der Waals surface area contributed by atoms with Crippen LogP contribution in [0.15, 0.2) is 23.0 Å². The van der Waals surface area contributed by atoms with Gasteiger partial charge in [-0.25, -0.2) is 9.12 Å². The van der Waals surface area contributed by atoms with Crippen molar-refractivity contribution in [3.05, 3.63) is 39.6 Å². The molecule has 7 heteroatoms. The molecule has 1 aromatic carbocycles. The summed E-state index contributed by atoms with van der Waals surface area (Å²) in [6, 6.07) is 3.69. The van der Waals surface area contributed by atoms with Gasteiger partial charge in [-0.2, -0.15) is 0 Å². The van der Waals surface area contributed by atoms with E-state index in [1.807, 2.05) is 0 Å². The number of halogens is 1. The van der Waals surface area contributed by atoms with Crippen LogP contribution in [0.4, 0.5) is 10.2 Å². The first-order valence-corrected chi connectivity index (χ1v) is 5.94. The number of hydrogen-bond acceptors (Lipinski definition) is 4. The van der Waals surface area contributed by atoms with E-state index in [0.29, 0.717) is 36.6 Å². The molecule has 2 heterocycles. The summed E-state index contributed by atoms with van der Waals surface area (Å²) in [5.41, 5.74) is -0.0458. The van der Waals surface area contributed by atoms with Gasteiger partial charge in [0.15, 0.2) is 5.52 Å². The Labute approximate surface area is 107 Å². The highest BCUT2D eigenvalue weighted by Crippen LogP contribution is 2.12. The highest BCUT2D eigenvalue weighted by Gasteiger charge is 2.25. The van der Waals surface area contributed by atoms with E-state index in [-0.39, 0.29) is 11.3 Å². The molecule has 1 N–H and O–H groups in total. The largest absolute Gasteiger partial charge is 0.710 e. The molecule has 0 aliphatic carbocycles. The smallest absolute Gasteiger partial charge is 0.347 e. The summed E-state index contributed by atoms with van der Waals surface area (Å²) in [5, 5.41) is 12.2. The Bertz CT molecular complexity index is 680. The number of hydrogen-bond donors (Lipinski definition) is 1. The van der Waals surface area contributed by atoms with Crippen LogP contribution in [-0.2, 0) is 4.74 Å². The molecule has 0 saturated carbocycles. The van der Waals surface area contributed by atoms with E-state index in [2.05, 4.69) is 4.98 Å². The molecule has 100 valence electrons. The van der Waals surface area contributed by atoms with Crippen LogP contribution in [0.5, 0.6) is 0 Å². The van der Waals surface area contributed by atoms with Crippen molar-refractivity contribution < 1.29 is 13.9 Å². The fourth-order valence-electron chi connectivity index (χ4n) is 2.21. The fourth-order valence-corrected chi connectivity index (χ4v) is 2.21. The number of fused-ring (bicyclic) bond motifs is 1. The summed E-state index contributed by atoms with van der Waals surface area (Å²) in [6.45, 7) is 1.85. The Morgan fingerprint density at radius 2 is 2.11 bits per heavy atom. The van der Waals surface area contributed by atoms with Gasteiger partial charge >= 0.3 is 11.4 Å². The third kappa shape index (κ3) is 2.01. The predicted molar refractivity (Wildman–Crippen MR) is 66.5 cm³/mol. The van der Waals surface area contributed by atoms with E-state index >= 15 is 0 Å².